The van der Waals surface area contributed by atoms with E-state index in [4.69, 9.17) is 5.11 Å². The molecule has 1 aromatic heterocycles. The van der Waals surface area contributed by atoms with Crippen LogP contribution in [0.4, 0.5) is 0 Å². The van der Waals surface area contributed by atoms with Crippen molar-refractivity contribution in [3.8, 4) is 0 Å². The van der Waals surface area contributed by atoms with Gasteiger partial charge >= 0.3 is 0 Å². The standard InChI is InChI=1S/C12H18N2O3S/c15-9-11-5-6-12(13-7-11)18(16,17)14-8-10-3-1-2-4-10/h5-7,10,14-15H,1-4,8-9H2. The van der Waals surface area contributed by atoms with Crippen molar-refractivity contribution < 1.29 is 13.5 Å². The minimum Gasteiger partial charge on any atom is -0.392 e. The van der Waals surface area contributed by atoms with E-state index in [0.717, 1.165) is 12.8 Å². The highest BCUT2D eigenvalue weighted by Gasteiger charge is 2.20. The zero-order valence-corrected chi connectivity index (χ0v) is 11.0. The van der Waals surface area contributed by atoms with Crippen molar-refractivity contribution in [1.29, 1.82) is 0 Å². The fraction of sp³-hybridized carbons (Fsp3) is 0.583. The van der Waals surface area contributed by atoms with Crippen LogP contribution in [0.5, 0.6) is 0 Å². The predicted molar refractivity (Wildman–Crippen MR) is 67.3 cm³/mol. The molecule has 1 aliphatic carbocycles. The van der Waals surface area contributed by atoms with Crippen LogP contribution in [0.1, 0.15) is 31.2 Å². The lowest BCUT2D eigenvalue weighted by molar-refractivity contribution is 0.281. The smallest absolute Gasteiger partial charge is 0.258 e. The Morgan fingerprint density at radius 2 is 2.06 bits per heavy atom. The van der Waals surface area contributed by atoms with Crippen molar-refractivity contribution in [3.63, 3.8) is 0 Å². The Morgan fingerprint density at radius 3 is 2.61 bits per heavy atom. The summed E-state index contributed by atoms with van der Waals surface area (Å²) in [6.45, 7) is 0.356. The number of pyridine rings is 1. The molecule has 2 N–H and O–H groups in total. The summed E-state index contributed by atoms with van der Waals surface area (Å²) in [5, 5.41) is 8.88. The van der Waals surface area contributed by atoms with Crippen molar-refractivity contribution in [1.82, 2.24) is 9.71 Å². The Kier molecular flexibility index (Phi) is 4.31. The van der Waals surface area contributed by atoms with Gasteiger partial charge in [0.25, 0.3) is 10.0 Å². The van der Waals surface area contributed by atoms with Gasteiger partial charge in [0, 0.05) is 12.7 Å². The number of hydrogen-bond donors (Lipinski definition) is 2. The van der Waals surface area contributed by atoms with Crippen LogP contribution in [0, 0.1) is 5.92 Å². The van der Waals surface area contributed by atoms with Crippen LogP contribution in [-0.4, -0.2) is 25.1 Å². The largest absolute Gasteiger partial charge is 0.392 e. The van der Waals surface area contributed by atoms with Crippen molar-refractivity contribution in [2.75, 3.05) is 6.54 Å². The van der Waals surface area contributed by atoms with Gasteiger partial charge in [-0.1, -0.05) is 18.9 Å². The van der Waals surface area contributed by atoms with Crippen LogP contribution in [0.25, 0.3) is 0 Å². The first-order valence-corrected chi connectivity index (χ1v) is 7.65. The summed E-state index contributed by atoms with van der Waals surface area (Å²) >= 11 is 0. The number of aliphatic hydroxyl groups excluding tert-OH is 1. The molecule has 0 bridgehead atoms. The molecule has 1 aliphatic rings. The molecule has 1 aromatic rings. The molecule has 0 atom stereocenters. The molecule has 0 saturated heterocycles. The summed E-state index contributed by atoms with van der Waals surface area (Å²) in [5.41, 5.74) is 0.602. The fourth-order valence-corrected chi connectivity index (χ4v) is 3.22. The lowest BCUT2D eigenvalue weighted by Gasteiger charge is -2.10. The molecule has 0 unspecified atom stereocenters. The fourth-order valence-electron chi connectivity index (χ4n) is 2.18. The Labute approximate surface area is 107 Å². The quantitative estimate of drug-likeness (QED) is 0.838. The molecule has 1 saturated carbocycles. The zero-order valence-electron chi connectivity index (χ0n) is 10.2. The predicted octanol–water partition coefficient (Wildman–Crippen LogP) is 1.04. The van der Waals surface area contributed by atoms with E-state index in [1.165, 1.54) is 25.1 Å². The number of nitrogens with one attached hydrogen (secondary N) is 1. The summed E-state index contributed by atoms with van der Waals surface area (Å²) in [5.74, 6) is 0.455. The van der Waals surface area contributed by atoms with Gasteiger partial charge in [0.1, 0.15) is 0 Å². The number of aromatic nitrogens is 1. The normalized spacial score (nSPS) is 17.2. The van der Waals surface area contributed by atoms with Gasteiger partial charge in [0.15, 0.2) is 5.03 Å². The number of rotatable bonds is 5. The summed E-state index contributed by atoms with van der Waals surface area (Å²) in [7, 11) is -3.52. The maximum atomic E-state index is 12.0. The number of sulfonamides is 1. The maximum Gasteiger partial charge on any atom is 0.258 e. The summed E-state index contributed by atoms with van der Waals surface area (Å²) in [6.07, 6.45) is 5.95. The summed E-state index contributed by atoms with van der Waals surface area (Å²) in [6, 6.07) is 2.99. The van der Waals surface area contributed by atoms with E-state index in [1.807, 2.05) is 0 Å². The van der Waals surface area contributed by atoms with Crippen LogP contribution in [0.3, 0.4) is 0 Å². The van der Waals surface area contributed by atoms with E-state index < -0.39 is 10.0 Å². The SMILES string of the molecule is O=S(=O)(NCC1CCCC1)c1ccc(CO)cn1. The second kappa shape index (κ2) is 5.77. The lowest BCUT2D eigenvalue weighted by atomic mass is 10.1. The number of hydrogen-bond acceptors (Lipinski definition) is 4. The first kappa shape index (κ1) is 13.5. The minimum absolute atomic E-state index is 0.0118. The highest BCUT2D eigenvalue weighted by molar-refractivity contribution is 7.89. The van der Waals surface area contributed by atoms with E-state index in [2.05, 4.69) is 9.71 Å². The average Bonchev–Trinajstić information content (AvgIpc) is 2.90. The van der Waals surface area contributed by atoms with Crippen LogP contribution < -0.4 is 4.72 Å². The summed E-state index contributed by atoms with van der Waals surface area (Å²) < 4.78 is 26.5. The highest BCUT2D eigenvalue weighted by atomic mass is 32.2. The van der Waals surface area contributed by atoms with Gasteiger partial charge in [-0.25, -0.2) is 18.1 Å². The van der Waals surface area contributed by atoms with Crippen LogP contribution in [0.2, 0.25) is 0 Å². The first-order valence-electron chi connectivity index (χ1n) is 6.17. The zero-order chi connectivity index (χ0) is 13.0. The molecule has 1 fully saturated rings. The van der Waals surface area contributed by atoms with Crippen LogP contribution >= 0.6 is 0 Å². The van der Waals surface area contributed by atoms with Gasteiger partial charge in [0.2, 0.25) is 0 Å². The van der Waals surface area contributed by atoms with Gasteiger partial charge in [-0.3, -0.25) is 0 Å². The summed E-state index contributed by atoms with van der Waals surface area (Å²) in [4.78, 5) is 3.86. The molecule has 1 heterocycles. The molecule has 5 nitrogen and oxygen atoms in total. The van der Waals surface area contributed by atoms with Gasteiger partial charge in [-0.15, -0.1) is 0 Å². The van der Waals surface area contributed by atoms with Crippen molar-refractivity contribution in [2.24, 2.45) is 5.92 Å². The second-order valence-electron chi connectivity index (χ2n) is 4.67. The average molecular weight is 270 g/mol. The van der Waals surface area contributed by atoms with E-state index in [-0.39, 0.29) is 11.6 Å². The van der Waals surface area contributed by atoms with Crippen LogP contribution in [-0.2, 0) is 16.6 Å². The van der Waals surface area contributed by atoms with Crippen molar-refractivity contribution in [2.45, 2.75) is 37.3 Å². The van der Waals surface area contributed by atoms with Gasteiger partial charge < -0.3 is 5.11 Å². The molecular formula is C12H18N2O3S. The van der Waals surface area contributed by atoms with E-state index in [1.54, 1.807) is 6.07 Å². The Bertz CT molecular complexity index is 479. The highest BCUT2D eigenvalue weighted by Crippen LogP contribution is 2.24. The van der Waals surface area contributed by atoms with Gasteiger partial charge in [0.05, 0.1) is 6.61 Å². The molecular weight excluding hydrogens is 252 g/mol. The van der Waals surface area contributed by atoms with E-state index >= 15 is 0 Å². The van der Waals surface area contributed by atoms with Crippen LogP contribution in [0.15, 0.2) is 23.4 Å². The van der Waals surface area contributed by atoms with E-state index in [0.29, 0.717) is 18.0 Å². The molecule has 0 spiro atoms. The topological polar surface area (TPSA) is 79.3 Å². The Hall–Kier alpha value is -0.980. The third kappa shape index (κ3) is 3.28. The van der Waals surface area contributed by atoms with Gasteiger partial charge in [-0.05, 0) is 30.4 Å². The lowest BCUT2D eigenvalue weighted by Crippen LogP contribution is -2.29. The third-order valence-electron chi connectivity index (χ3n) is 3.29. The molecule has 0 aliphatic heterocycles. The first-order chi connectivity index (χ1) is 8.62. The molecule has 0 amide bonds. The third-order valence-corrected chi connectivity index (χ3v) is 4.63. The molecule has 18 heavy (non-hydrogen) atoms. The molecule has 0 radical (unpaired) electrons. The number of aliphatic hydroxyl groups is 1. The van der Waals surface area contributed by atoms with Crippen molar-refractivity contribution in [3.05, 3.63) is 23.9 Å². The molecule has 0 aromatic carbocycles. The molecule has 100 valence electrons. The second-order valence-corrected chi connectivity index (χ2v) is 6.38. The Morgan fingerprint density at radius 1 is 1.33 bits per heavy atom. The molecule has 6 heteroatoms. The maximum absolute atomic E-state index is 12.0. The Balaban J connectivity index is 2.00. The number of nitrogens with zero attached hydrogens (tertiary/aromatic N) is 1. The van der Waals surface area contributed by atoms with Crippen molar-refractivity contribution >= 4 is 10.0 Å². The molecule has 2 rings (SSSR count). The van der Waals surface area contributed by atoms with Gasteiger partial charge in [-0.2, -0.15) is 0 Å². The van der Waals surface area contributed by atoms with E-state index in [9.17, 15) is 8.42 Å². The monoisotopic (exact) mass is 270 g/mol. The minimum atomic E-state index is -3.52.